The van der Waals surface area contributed by atoms with Gasteiger partial charge in [0, 0.05) is 36.6 Å². The van der Waals surface area contributed by atoms with E-state index in [1.54, 1.807) is 11.3 Å². The first-order valence-electron chi connectivity index (χ1n) is 8.57. The molecule has 0 atom stereocenters. The molecule has 0 unspecified atom stereocenters. The first-order valence-corrected chi connectivity index (χ1v) is 9.45. The molecule has 132 valence electrons. The van der Waals surface area contributed by atoms with Gasteiger partial charge in [0.15, 0.2) is 0 Å². The van der Waals surface area contributed by atoms with E-state index in [1.807, 2.05) is 24.3 Å². The van der Waals surface area contributed by atoms with Crippen molar-refractivity contribution in [1.82, 2.24) is 20.3 Å². The molecular formula is C19H24N4OS. The normalized spacial score (nSPS) is 11.8. The minimum atomic E-state index is 0.0491. The number of carbonyl (C=O) groups is 1. The summed E-state index contributed by atoms with van der Waals surface area (Å²) in [5.74, 6) is 0.902. The van der Waals surface area contributed by atoms with E-state index in [2.05, 4.69) is 46.4 Å². The van der Waals surface area contributed by atoms with Gasteiger partial charge in [-0.3, -0.25) is 4.79 Å². The number of thiazole rings is 1. The number of fused-ring (bicyclic) bond motifs is 1. The molecule has 6 heteroatoms. The van der Waals surface area contributed by atoms with Crippen LogP contribution in [0.15, 0.2) is 29.6 Å². The van der Waals surface area contributed by atoms with Crippen LogP contribution in [-0.2, 0) is 23.1 Å². The zero-order chi connectivity index (χ0) is 17.9. The molecule has 0 saturated heterocycles. The van der Waals surface area contributed by atoms with Crippen molar-refractivity contribution in [2.75, 3.05) is 6.54 Å². The number of nitrogens with zero attached hydrogens (tertiary/aromatic N) is 2. The molecule has 0 aliphatic rings. The standard InChI is InChI=1S/C19H24N4OS/c1-19(2,3)15-12-25-18(23-15)10-11-20-17(24)9-8-16-21-13-6-4-5-7-14(13)22-16/h4-7,12H,8-11H2,1-3H3,(H,20,24)(H,21,22). The van der Waals surface area contributed by atoms with E-state index in [9.17, 15) is 4.79 Å². The van der Waals surface area contributed by atoms with Gasteiger partial charge in [-0.05, 0) is 12.1 Å². The number of aromatic amines is 1. The number of amides is 1. The van der Waals surface area contributed by atoms with E-state index in [1.165, 1.54) is 0 Å². The highest BCUT2D eigenvalue weighted by molar-refractivity contribution is 7.09. The van der Waals surface area contributed by atoms with Crippen LogP contribution in [0.25, 0.3) is 11.0 Å². The summed E-state index contributed by atoms with van der Waals surface area (Å²) in [7, 11) is 0. The lowest BCUT2D eigenvalue weighted by atomic mass is 9.93. The highest BCUT2D eigenvalue weighted by atomic mass is 32.1. The van der Waals surface area contributed by atoms with Crippen LogP contribution >= 0.6 is 11.3 Å². The Morgan fingerprint density at radius 2 is 2.00 bits per heavy atom. The summed E-state index contributed by atoms with van der Waals surface area (Å²) in [6, 6.07) is 7.89. The van der Waals surface area contributed by atoms with E-state index < -0.39 is 0 Å². The zero-order valence-electron chi connectivity index (χ0n) is 14.9. The molecule has 1 amide bonds. The summed E-state index contributed by atoms with van der Waals surface area (Å²) in [5.41, 5.74) is 3.14. The van der Waals surface area contributed by atoms with Gasteiger partial charge in [0.2, 0.25) is 5.91 Å². The highest BCUT2D eigenvalue weighted by Gasteiger charge is 2.17. The number of carbonyl (C=O) groups excluding carboxylic acids is 1. The summed E-state index contributed by atoms with van der Waals surface area (Å²) in [6.45, 7) is 7.10. The lowest BCUT2D eigenvalue weighted by Gasteiger charge is -2.14. The molecular weight excluding hydrogens is 332 g/mol. The topological polar surface area (TPSA) is 70.7 Å². The minimum absolute atomic E-state index is 0.0491. The Labute approximate surface area is 151 Å². The largest absolute Gasteiger partial charge is 0.356 e. The SMILES string of the molecule is CC(C)(C)c1csc(CCNC(=O)CCc2nc3ccccc3[nH]2)n1. The third-order valence-electron chi connectivity index (χ3n) is 4.01. The molecule has 0 spiro atoms. The van der Waals surface area contributed by atoms with Crippen molar-refractivity contribution in [1.29, 1.82) is 0 Å². The van der Waals surface area contributed by atoms with Crippen LogP contribution in [0.1, 0.15) is 43.7 Å². The number of hydrogen-bond acceptors (Lipinski definition) is 4. The second-order valence-electron chi connectivity index (χ2n) is 7.18. The van der Waals surface area contributed by atoms with Crippen LogP contribution in [0.5, 0.6) is 0 Å². The number of imidazole rings is 1. The number of H-pyrrole nitrogens is 1. The van der Waals surface area contributed by atoms with Crippen LogP contribution in [0.3, 0.4) is 0 Å². The van der Waals surface area contributed by atoms with Gasteiger partial charge in [-0.25, -0.2) is 9.97 Å². The van der Waals surface area contributed by atoms with Gasteiger partial charge in [0.1, 0.15) is 5.82 Å². The fourth-order valence-corrected chi connectivity index (χ4v) is 3.55. The molecule has 5 nitrogen and oxygen atoms in total. The van der Waals surface area contributed by atoms with Crippen LogP contribution < -0.4 is 5.32 Å². The van der Waals surface area contributed by atoms with E-state index in [-0.39, 0.29) is 11.3 Å². The van der Waals surface area contributed by atoms with Gasteiger partial charge in [-0.2, -0.15) is 0 Å². The molecule has 0 saturated carbocycles. The first-order chi connectivity index (χ1) is 11.9. The molecule has 2 aromatic heterocycles. The zero-order valence-corrected chi connectivity index (χ0v) is 15.7. The molecule has 0 aliphatic heterocycles. The Morgan fingerprint density at radius 3 is 2.72 bits per heavy atom. The maximum atomic E-state index is 12.0. The molecule has 1 aromatic carbocycles. The smallest absolute Gasteiger partial charge is 0.220 e. The van der Waals surface area contributed by atoms with E-state index in [0.717, 1.165) is 34.0 Å². The lowest BCUT2D eigenvalue weighted by Crippen LogP contribution is -2.26. The van der Waals surface area contributed by atoms with E-state index in [0.29, 0.717) is 19.4 Å². The Hall–Kier alpha value is -2.21. The quantitative estimate of drug-likeness (QED) is 0.709. The van der Waals surface area contributed by atoms with Crippen LogP contribution in [0.4, 0.5) is 0 Å². The van der Waals surface area contributed by atoms with Gasteiger partial charge in [-0.15, -0.1) is 11.3 Å². The Kier molecular flexibility index (Phi) is 5.18. The summed E-state index contributed by atoms with van der Waals surface area (Å²) in [5, 5.41) is 6.15. The average molecular weight is 356 g/mol. The second-order valence-corrected chi connectivity index (χ2v) is 8.12. The van der Waals surface area contributed by atoms with Crippen LogP contribution in [-0.4, -0.2) is 27.4 Å². The van der Waals surface area contributed by atoms with E-state index >= 15 is 0 Å². The van der Waals surface area contributed by atoms with Gasteiger partial charge in [0.05, 0.1) is 21.7 Å². The van der Waals surface area contributed by atoms with Crippen LogP contribution in [0, 0.1) is 0 Å². The molecule has 0 bridgehead atoms. The molecule has 25 heavy (non-hydrogen) atoms. The molecule has 2 N–H and O–H groups in total. The summed E-state index contributed by atoms with van der Waals surface area (Å²) < 4.78 is 0. The van der Waals surface area contributed by atoms with Gasteiger partial charge in [-0.1, -0.05) is 32.9 Å². The Morgan fingerprint density at radius 1 is 1.20 bits per heavy atom. The fraction of sp³-hybridized carbons (Fsp3) is 0.421. The molecule has 0 aliphatic carbocycles. The highest BCUT2D eigenvalue weighted by Crippen LogP contribution is 2.23. The van der Waals surface area contributed by atoms with Crippen molar-refractivity contribution < 1.29 is 4.79 Å². The summed E-state index contributed by atoms with van der Waals surface area (Å²) >= 11 is 1.66. The van der Waals surface area contributed by atoms with Crippen molar-refractivity contribution in [2.24, 2.45) is 0 Å². The molecule has 2 heterocycles. The van der Waals surface area contributed by atoms with E-state index in [4.69, 9.17) is 0 Å². The Balaban J connectivity index is 1.43. The predicted molar refractivity (Wildman–Crippen MR) is 102 cm³/mol. The maximum absolute atomic E-state index is 12.0. The third-order valence-corrected chi connectivity index (χ3v) is 4.92. The number of para-hydroxylation sites is 2. The number of rotatable bonds is 6. The predicted octanol–water partition coefficient (Wildman–Crippen LogP) is 3.61. The fourth-order valence-electron chi connectivity index (χ4n) is 2.52. The lowest BCUT2D eigenvalue weighted by molar-refractivity contribution is -0.121. The third kappa shape index (κ3) is 4.66. The van der Waals surface area contributed by atoms with Gasteiger partial charge >= 0.3 is 0 Å². The van der Waals surface area contributed by atoms with Gasteiger partial charge < -0.3 is 10.3 Å². The van der Waals surface area contributed by atoms with Gasteiger partial charge in [0.25, 0.3) is 0 Å². The summed E-state index contributed by atoms with van der Waals surface area (Å²) in [6.07, 6.45) is 1.83. The monoisotopic (exact) mass is 356 g/mol. The number of hydrogen-bond donors (Lipinski definition) is 2. The first kappa shape index (κ1) is 17.6. The van der Waals surface area contributed by atoms with Crippen molar-refractivity contribution in [2.45, 2.75) is 45.4 Å². The Bertz CT molecular complexity index is 827. The maximum Gasteiger partial charge on any atom is 0.220 e. The van der Waals surface area contributed by atoms with Crippen molar-refractivity contribution in [3.8, 4) is 0 Å². The number of benzene rings is 1. The molecule has 0 radical (unpaired) electrons. The molecule has 3 rings (SSSR count). The number of nitrogens with one attached hydrogen (secondary N) is 2. The van der Waals surface area contributed by atoms with Crippen LogP contribution in [0.2, 0.25) is 0 Å². The number of aromatic nitrogens is 3. The second kappa shape index (κ2) is 7.35. The number of aryl methyl sites for hydroxylation is 1. The van der Waals surface area contributed by atoms with Crippen molar-refractivity contribution in [3.63, 3.8) is 0 Å². The molecule has 3 aromatic rings. The van der Waals surface area contributed by atoms with Crippen molar-refractivity contribution in [3.05, 3.63) is 46.2 Å². The summed E-state index contributed by atoms with van der Waals surface area (Å²) in [4.78, 5) is 24.4. The minimum Gasteiger partial charge on any atom is -0.356 e. The van der Waals surface area contributed by atoms with Crippen molar-refractivity contribution >= 4 is 28.3 Å². The average Bonchev–Trinajstić information content (AvgIpc) is 3.19. The molecule has 0 fully saturated rings.